The molecule has 0 saturated heterocycles. The molecule has 3 unspecified atom stereocenters. The molecule has 0 aliphatic heterocycles. The number of unbranched alkanes of at least 4 members (excludes halogenated alkanes) is 12. The highest BCUT2D eigenvalue weighted by molar-refractivity contribution is 5.71. The number of carboxylic acids is 3. The van der Waals surface area contributed by atoms with Crippen LogP contribution in [0.25, 0.3) is 0 Å². The van der Waals surface area contributed by atoms with Crippen molar-refractivity contribution in [3.8, 4) is 0 Å². The Morgan fingerprint density at radius 2 is 0.850 bits per heavy atom. The van der Waals surface area contributed by atoms with Crippen LogP contribution in [0.2, 0.25) is 0 Å². The summed E-state index contributed by atoms with van der Waals surface area (Å²) in [7, 11) is 0. The second kappa shape index (κ2) is 23.8. The molecule has 0 rings (SSSR count). The monoisotopic (exact) mass is 568 g/mol. The van der Waals surface area contributed by atoms with E-state index in [0.29, 0.717) is 25.8 Å². The number of rotatable bonds is 28. The molecule has 0 aromatic heterocycles. The number of hydrogen-bond acceptors (Lipinski definition) is 3. The van der Waals surface area contributed by atoms with Gasteiger partial charge in [0.1, 0.15) is 17.8 Å². The number of hydrogen-bond donors (Lipinski definition) is 3. The molecule has 0 aromatic rings. The predicted octanol–water partition coefficient (Wildman–Crippen LogP) is 8.17. The van der Waals surface area contributed by atoms with E-state index in [1.54, 1.807) is 0 Å². The van der Waals surface area contributed by atoms with E-state index < -0.39 is 35.7 Å². The molecule has 0 amide bonds. The van der Waals surface area contributed by atoms with Gasteiger partial charge >= 0.3 is 17.9 Å². The zero-order chi connectivity index (χ0) is 30.2. The van der Waals surface area contributed by atoms with E-state index in [2.05, 4.69) is 19.1 Å². The summed E-state index contributed by atoms with van der Waals surface area (Å²) in [6.45, 7) is 9.16. The van der Waals surface area contributed by atoms with E-state index >= 15 is 0 Å². The molecular formula is C33H62NO6+. The fourth-order valence-electron chi connectivity index (χ4n) is 5.74. The van der Waals surface area contributed by atoms with Gasteiger partial charge in [0.2, 0.25) is 0 Å². The predicted molar refractivity (Wildman–Crippen MR) is 163 cm³/mol. The fraction of sp³-hybridized carbons (Fsp3) is 0.848. The Morgan fingerprint density at radius 1 is 0.525 bits per heavy atom. The quantitative estimate of drug-likeness (QED) is 0.0498. The summed E-state index contributed by atoms with van der Waals surface area (Å²) in [6, 6.07) is 0. The van der Waals surface area contributed by atoms with Crippen LogP contribution in [0, 0.1) is 17.8 Å². The van der Waals surface area contributed by atoms with E-state index in [1.807, 2.05) is 20.8 Å². The third kappa shape index (κ3) is 17.7. The van der Waals surface area contributed by atoms with Crippen LogP contribution >= 0.6 is 0 Å². The molecule has 0 aliphatic rings. The summed E-state index contributed by atoms with van der Waals surface area (Å²) < 4.78 is 0.239. The summed E-state index contributed by atoms with van der Waals surface area (Å²) in [5.74, 6) is -4.57. The molecule has 7 nitrogen and oxygen atoms in total. The van der Waals surface area contributed by atoms with Gasteiger partial charge in [-0.15, -0.1) is 0 Å². The summed E-state index contributed by atoms with van der Waals surface area (Å²) in [5.41, 5.74) is 0. The lowest BCUT2D eigenvalue weighted by Gasteiger charge is -2.43. The molecule has 0 spiro atoms. The largest absolute Gasteiger partial charge is 0.481 e. The molecule has 0 heterocycles. The lowest BCUT2D eigenvalue weighted by atomic mass is 9.95. The maximum absolute atomic E-state index is 12.0. The standard InChI is InChI=1S/C33H61NO6/c1-5-9-10-11-12-13-14-15-16-17-18-19-20-21-22-23-24-34(25-28(6-2)31(35)36,26-29(7-3)32(37)38)27-30(8-4)33(39)40/h19-20,28-30H,5-18,21-27H2,1-4H3,(H2-,35,36,37,38,39,40)/p+1/b20-19+. The molecule has 0 aromatic carbocycles. The van der Waals surface area contributed by atoms with Crippen molar-refractivity contribution in [2.45, 2.75) is 137 Å². The van der Waals surface area contributed by atoms with Crippen LogP contribution in [0.1, 0.15) is 137 Å². The molecule has 0 saturated carbocycles. The van der Waals surface area contributed by atoms with Gasteiger partial charge in [-0.25, -0.2) is 0 Å². The third-order valence-corrected chi connectivity index (χ3v) is 8.49. The molecule has 0 bridgehead atoms. The Morgan fingerprint density at radius 3 is 1.18 bits per heavy atom. The minimum Gasteiger partial charge on any atom is -0.481 e. The minimum absolute atomic E-state index is 0.239. The molecule has 7 heteroatoms. The van der Waals surface area contributed by atoms with Crippen molar-refractivity contribution < 1.29 is 34.2 Å². The number of carbonyl (C=O) groups is 3. The zero-order valence-corrected chi connectivity index (χ0v) is 26.2. The zero-order valence-electron chi connectivity index (χ0n) is 26.2. The maximum Gasteiger partial charge on any atom is 0.312 e. The van der Waals surface area contributed by atoms with Gasteiger partial charge in [-0.1, -0.05) is 97.6 Å². The van der Waals surface area contributed by atoms with Gasteiger partial charge in [-0.2, -0.15) is 0 Å². The van der Waals surface area contributed by atoms with Crippen molar-refractivity contribution in [2.24, 2.45) is 17.8 Å². The number of allylic oxidation sites excluding steroid dienone is 2. The normalized spacial score (nSPS) is 15.5. The molecule has 40 heavy (non-hydrogen) atoms. The highest BCUT2D eigenvalue weighted by atomic mass is 16.4. The Balaban J connectivity index is 4.93. The van der Waals surface area contributed by atoms with Crippen molar-refractivity contribution in [1.82, 2.24) is 0 Å². The fourth-order valence-corrected chi connectivity index (χ4v) is 5.74. The number of carboxylic acid groups (broad SMARTS) is 3. The molecule has 234 valence electrons. The second-order valence-corrected chi connectivity index (χ2v) is 11.9. The first-order valence-electron chi connectivity index (χ1n) is 16.3. The first-order valence-corrected chi connectivity index (χ1v) is 16.3. The topological polar surface area (TPSA) is 112 Å². The Kier molecular flexibility index (Phi) is 22.7. The Hall–Kier alpha value is -1.89. The SMILES string of the molecule is CCCCCCCCCCCC/C=C/CCCC[N+](CC(CC)C(=O)O)(CC(CC)C(=O)O)CC(CC)C(=O)O. The van der Waals surface area contributed by atoms with Crippen LogP contribution in [0.15, 0.2) is 12.2 Å². The lowest BCUT2D eigenvalue weighted by Crippen LogP contribution is -2.58. The van der Waals surface area contributed by atoms with E-state index in [0.717, 1.165) is 25.7 Å². The molecule has 3 atom stereocenters. The van der Waals surface area contributed by atoms with E-state index in [1.165, 1.54) is 64.2 Å². The van der Waals surface area contributed by atoms with Gasteiger partial charge in [-0.05, 0) is 51.4 Å². The Labute approximate surface area is 245 Å². The first kappa shape index (κ1) is 38.1. The first-order chi connectivity index (χ1) is 19.2. The van der Waals surface area contributed by atoms with Crippen molar-refractivity contribution in [3.05, 3.63) is 12.2 Å². The van der Waals surface area contributed by atoms with Crippen LogP contribution < -0.4 is 0 Å². The summed E-state index contributed by atoms with van der Waals surface area (Å²) in [6.07, 6.45) is 22.9. The van der Waals surface area contributed by atoms with Crippen molar-refractivity contribution in [3.63, 3.8) is 0 Å². The molecule has 3 N–H and O–H groups in total. The van der Waals surface area contributed by atoms with E-state index in [9.17, 15) is 29.7 Å². The van der Waals surface area contributed by atoms with Gasteiger partial charge in [-0.3, -0.25) is 14.4 Å². The van der Waals surface area contributed by atoms with Gasteiger partial charge < -0.3 is 19.8 Å². The molecular weight excluding hydrogens is 506 g/mol. The average molecular weight is 569 g/mol. The molecule has 0 fully saturated rings. The van der Waals surface area contributed by atoms with Crippen LogP contribution in [-0.4, -0.2) is 63.9 Å². The highest BCUT2D eigenvalue weighted by Crippen LogP contribution is 2.25. The van der Waals surface area contributed by atoms with Crippen LogP contribution in [0.4, 0.5) is 0 Å². The van der Waals surface area contributed by atoms with Gasteiger partial charge in [0.05, 0.1) is 26.2 Å². The smallest absolute Gasteiger partial charge is 0.312 e. The number of nitrogens with zero attached hydrogens (tertiary/aromatic N) is 1. The van der Waals surface area contributed by atoms with E-state index in [4.69, 9.17) is 0 Å². The van der Waals surface area contributed by atoms with Crippen LogP contribution in [-0.2, 0) is 14.4 Å². The number of quaternary nitrogens is 1. The Bertz CT molecular complexity index is 647. The van der Waals surface area contributed by atoms with Crippen LogP contribution in [0.5, 0.6) is 0 Å². The summed E-state index contributed by atoms with van der Waals surface area (Å²) in [5, 5.41) is 29.4. The lowest BCUT2D eigenvalue weighted by molar-refractivity contribution is -0.935. The number of aliphatic carboxylic acids is 3. The minimum atomic E-state index is -0.897. The van der Waals surface area contributed by atoms with Crippen molar-refractivity contribution >= 4 is 17.9 Å². The van der Waals surface area contributed by atoms with E-state index in [-0.39, 0.29) is 24.1 Å². The maximum atomic E-state index is 12.0. The summed E-state index contributed by atoms with van der Waals surface area (Å²) in [4.78, 5) is 35.9. The third-order valence-electron chi connectivity index (χ3n) is 8.49. The van der Waals surface area contributed by atoms with Crippen molar-refractivity contribution in [1.29, 1.82) is 0 Å². The summed E-state index contributed by atoms with van der Waals surface area (Å²) >= 11 is 0. The van der Waals surface area contributed by atoms with Crippen LogP contribution in [0.3, 0.4) is 0 Å². The average Bonchev–Trinajstić information content (AvgIpc) is 2.92. The van der Waals surface area contributed by atoms with Gasteiger partial charge in [0, 0.05) is 0 Å². The highest BCUT2D eigenvalue weighted by Gasteiger charge is 2.40. The van der Waals surface area contributed by atoms with Gasteiger partial charge in [0.25, 0.3) is 0 Å². The second-order valence-electron chi connectivity index (χ2n) is 11.9. The molecule has 0 radical (unpaired) electrons. The van der Waals surface area contributed by atoms with Gasteiger partial charge in [0.15, 0.2) is 0 Å². The molecule has 0 aliphatic carbocycles. The van der Waals surface area contributed by atoms with Crippen molar-refractivity contribution in [2.75, 3.05) is 26.2 Å².